The average molecular weight is 398 g/mol. The van der Waals surface area contributed by atoms with Crippen LogP contribution in [0.1, 0.15) is 28.4 Å². The molecular formula is C21H26N4O4. The van der Waals surface area contributed by atoms with Gasteiger partial charge in [-0.15, -0.1) is 0 Å². The highest BCUT2D eigenvalue weighted by Gasteiger charge is 2.18. The van der Waals surface area contributed by atoms with Gasteiger partial charge in [-0.1, -0.05) is 12.1 Å². The number of pyridine rings is 1. The standard InChI is InChI=1S/C21H26N4O4/c1-14-5-4-6-18(15(14)2)29-16(3)20(26)23-24-21(27)17-7-8-19(22-13-17)25-9-11-28-12-10-25/h4-8,13,16H,9-12H2,1-3H3,(H,23,26)(H,24,27). The van der Waals surface area contributed by atoms with Crippen molar-refractivity contribution in [2.24, 2.45) is 0 Å². The molecule has 0 spiro atoms. The van der Waals surface area contributed by atoms with Gasteiger partial charge >= 0.3 is 0 Å². The quantitative estimate of drug-likeness (QED) is 0.746. The van der Waals surface area contributed by atoms with Gasteiger partial charge in [0.25, 0.3) is 11.8 Å². The number of rotatable bonds is 5. The summed E-state index contributed by atoms with van der Waals surface area (Å²) in [7, 11) is 0. The number of aromatic nitrogens is 1. The van der Waals surface area contributed by atoms with Crippen LogP contribution >= 0.6 is 0 Å². The van der Waals surface area contributed by atoms with E-state index in [2.05, 4.69) is 20.7 Å². The number of benzene rings is 1. The highest BCUT2D eigenvalue weighted by atomic mass is 16.5. The predicted octanol–water partition coefficient (Wildman–Crippen LogP) is 1.76. The van der Waals surface area contributed by atoms with Crippen molar-refractivity contribution in [1.82, 2.24) is 15.8 Å². The second kappa shape index (κ2) is 9.38. The minimum atomic E-state index is -0.766. The minimum Gasteiger partial charge on any atom is -0.481 e. The molecule has 1 saturated heterocycles. The maximum absolute atomic E-state index is 12.3. The molecule has 0 aliphatic carbocycles. The maximum atomic E-state index is 12.3. The molecule has 1 atom stereocenters. The van der Waals surface area contributed by atoms with Gasteiger partial charge in [0, 0.05) is 19.3 Å². The molecule has 8 heteroatoms. The van der Waals surface area contributed by atoms with Gasteiger partial charge in [-0.3, -0.25) is 20.4 Å². The molecule has 0 radical (unpaired) electrons. The van der Waals surface area contributed by atoms with E-state index in [0.717, 1.165) is 30.0 Å². The fraction of sp³-hybridized carbons (Fsp3) is 0.381. The van der Waals surface area contributed by atoms with Crippen LogP contribution in [0, 0.1) is 13.8 Å². The summed E-state index contributed by atoms with van der Waals surface area (Å²) in [6.07, 6.45) is 0.722. The largest absolute Gasteiger partial charge is 0.481 e. The van der Waals surface area contributed by atoms with Crippen molar-refractivity contribution in [2.45, 2.75) is 26.9 Å². The van der Waals surface area contributed by atoms with Crippen LogP contribution in [-0.2, 0) is 9.53 Å². The lowest BCUT2D eigenvalue weighted by Gasteiger charge is -2.27. The number of nitrogens with zero attached hydrogens (tertiary/aromatic N) is 2. The summed E-state index contributed by atoms with van der Waals surface area (Å²) < 4.78 is 11.0. The number of morpholine rings is 1. The van der Waals surface area contributed by atoms with Crippen molar-refractivity contribution in [3.8, 4) is 5.75 Å². The molecule has 1 unspecified atom stereocenters. The molecule has 8 nitrogen and oxygen atoms in total. The van der Waals surface area contributed by atoms with Crippen molar-refractivity contribution < 1.29 is 19.1 Å². The zero-order valence-electron chi connectivity index (χ0n) is 16.9. The van der Waals surface area contributed by atoms with E-state index in [1.54, 1.807) is 19.1 Å². The Kier molecular flexibility index (Phi) is 6.66. The third-order valence-electron chi connectivity index (χ3n) is 4.87. The van der Waals surface area contributed by atoms with Crippen LogP contribution in [0.4, 0.5) is 5.82 Å². The molecule has 2 heterocycles. The van der Waals surface area contributed by atoms with Crippen molar-refractivity contribution in [3.05, 3.63) is 53.2 Å². The Balaban J connectivity index is 1.51. The molecule has 2 N–H and O–H groups in total. The normalized spacial score (nSPS) is 14.8. The Morgan fingerprint density at radius 2 is 1.90 bits per heavy atom. The first-order chi connectivity index (χ1) is 14.0. The van der Waals surface area contributed by atoms with Gasteiger partial charge in [0.1, 0.15) is 11.6 Å². The van der Waals surface area contributed by atoms with Gasteiger partial charge in [-0.2, -0.15) is 0 Å². The van der Waals surface area contributed by atoms with E-state index < -0.39 is 17.9 Å². The van der Waals surface area contributed by atoms with Crippen LogP contribution in [0.25, 0.3) is 0 Å². The Morgan fingerprint density at radius 3 is 2.59 bits per heavy atom. The summed E-state index contributed by atoms with van der Waals surface area (Å²) in [5.74, 6) is 0.543. The van der Waals surface area contributed by atoms with E-state index in [9.17, 15) is 9.59 Å². The summed E-state index contributed by atoms with van der Waals surface area (Å²) in [6.45, 7) is 8.41. The summed E-state index contributed by atoms with van der Waals surface area (Å²) in [5.41, 5.74) is 7.20. The maximum Gasteiger partial charge on any atom is 0.279 e. The monoisotopic (exact) mass is 398 g/mol. The number of hydrogen-bond donors (Lipinski definition) is 2. The fourth-order valence-electron chi connectivity index (χ4n) is 2.89. The minimum absolute atomic E-state index is 0.352. The molecule has 0 bridgehead atoms. The molecule has 3 rings (SSSR count). The number of ether oxygens (including phenoxy) is 2. The third-order valence-corrected chi connectivity index (χ3v) is 4.87. The van der Waals surface area contributed by atoms with E-state index in [4.69, 9.17) is 9.47 Å². The molecule has 1 aliphatic heterocycles. The molecule has 29 heavy (non-hydrogen) atoms. The second-order valence-electron chi connectivity index (χ2n) is 6.91. The Bertz CT molecular complexity index is 863. The number of carbonyl (C=O) groups is 2. The van der Waals surface area contributed by atoms with Crippen molar-refractivity contribution >= 4 is 17.6 Å². The zero-order valence-corrected chi connectivity index (χ0v) is 16.9. The van der Waals surface area contributed by atoms with Gasteiger partial charge in [0.05, 0.1) is 18.8 Å². The van der Waals surface area contributed by atoms with E-state index in [-0.39, 0.29) is 0 Å². The Morgan fingerprint density at radius 1 is 1.14 bits per heavy atom. The average Bonchev–Trinajstić information content (AvgIpc) is 2.75. The number of hydrogen-bond acceptors (Lipinski definition) is 6. The Hall–Kier alpha value is -3.13. The van der Waals surface area contributed by atoms with Crippen LogP contribution in [0.15, 0.2) is 36.5 Å². The predicted molar refractivity (Wildman–Crippen MR) is 109 cm³/mol. The fourth-order valence-corrected chi connectivity index (χ4v) is 2.89. The SMILES string of the molecule is Cc1cccc(OC(C)C(=O)NNC(=O)c2ccc(N3CCOCC3)nc2)c1C. The highest BCUT2D eigenvalue weighted by molar-refractivity contribution is 5.95. The van der Waals surface area contributed by atoms with Crippen LogP contribution in [0.3, 0.4) is 0 Å². The number of hydrazine groups is 1. The van der Waals surface area contributed by atoms with Gasteiger partial charge in [-0.25, -0.2) is 4.98 Å². The Labute approximate surface area is 170 Å². The summed E-state index contributed by atoms with van der Waals surface area (Å²) >= 11 is 0. The molecule has 1 aromatic heterocycles. The van der Waals surface area contributed by atoms with Crippen LogP contribution in [0.2, 0.25) is 0 Å². The van der Waals surface area contributed by atoms with E-state index >= 15 is 0 Å². The number of aryl methyl sites for hydroxylation is 1. The smallest absolute Gasteiger partial charge is 0.279 e. The summed E-state index contributed by atoms with van der Waals surface area (Å²) in [5, 5.41) is 0. The molecule has 2 aromatic rings. The lowest BCUT2D eigenvalue weighted by molar-refractivity contribution is -0.128. The number of amides is 2. The lowest BCUT2D eigenvalue weighted by Crippen LogP contribution is -2.47. The lowest BCUT2D eigenvalue weighted by atomic mass is 10.1. The van der Waals surface area contributed by atoms with E-state index in [1.807, 2.05) is 32.0 Å². The highest BCUT2D eigenvalue weighted by Crippen LogP contribution is 2.21. The van der Waals surface area contributed by atoms with Crippen LogP contribution < -0.4 is 20.5 Å². The molecule has 1 fully saturated rings. The molecule has 1 aromatic carbocycles. The van der Waals surface area contributed by atoms with Gasteiger partial charge in [0.15, 0.2) is 6.10 Å². The molecule has 2 amide bonds. The van der Waals surface area contributed by atoms with Crippen LogP contribution in [0.5, 0.6) is 5.75 Å². The number of carbonyl (C=O) groups excluding carboxylic acids is 2. The number of anilines is 1. The van der Waals surface area contributed by atoms with Gasteiger partial charge in [0.2, 0.25) is 0 Å². The first kappa shape index (κ1) is 20.6. The zero-order chi connectivity index (χ0) is 20.8. The van der Waals surface area contributed by atoms with Gasteiger partial charge < -0.3 is 14.4 Å². The number of nitrogens with one attached hydrogen (secondary N) is 2. The molecule has 0 saturated carbocycles. The second-order valence-corrected chi connectivity index (χ2v) is 6.91. The topological polar surface area (TPSA) is 92.8 Å². The summed E-state index contributed by atoms with van der Waals surface area (Å²) in [4.78, 5) is 31.0. The van der Waals surface area contributed by atoms with Crippen molar-refractivity contribution in [2.75, 3.05) is 31.2 Å². The van der Waals surface area contributed by atoms with E-state index in [1.165, 1.54) is 6.20 Å². The molecule has 1 aliphatic rings. The van der Waals surface area contributed by atoms with Crippen LogP contribution in [-0.4, -0.2) is 49.2 Å². The first-order valence-corrected chi connectivity index (χ1v) is 9.57. The first-order valence-electron chi connectivity index (χ1n) is 9.57. The van der Waals surface area contributed by atoms with Crippen molar-refractivity contribution in [1.29, 1.82) is 0 Å². The summed E-state index contributed by atoms with van der Waals surface area (Å²) in [6, 6.07) is 9.12. The molecular weight excluding hydrogens is 372 g/mol. The third kappa shape index (κ3) is 5.23. The molecule has 154 valence electrons. The van der Waals surface area contributed by atoms with E-state index in [0.29, 0.717) is 24.5 Å². The van der Waals surface area contributed by atoms with Gasteiger partial charge in [-0.05, 0) is 50.1 Å². The van der Waals surface area contributed by atoms with Crippen molar-refractivity contribution in [3.63, 3.8) is 0 Å².